The third-order valence-corrected chi connectivity index (χ3v) is 4.69. The normalized spacial score (nSPS) is 16.4. The van der Waals surface area contributed by atoms with Gasteiger partial charge in [-0.25, -0.2) is 9.89 Å². The van der Waals surface area contributed by atoms with Crippen molar-refractivity contribution in [3.8, 4) is 0 Å². The van der Waals surface area contributed by atoms with Gasteiger partial charge in [0.2, 0.25) is 0 Å². The SMILES string of the molecule is CC(O)c1ccc(Sc2n[nH]c(=O)n2C2CC2)c(Cl)c1. The van der Waals surface area contributed by atoms with E-state index in [2.05, 4.69) is 10.2 Å². The molecule has 2 aromatic rings. The number of nitrogens with one attached hydrogen (secondary N) is 1. The second-order valence-corrected chi connectivity index (χ2v) is 6.30. The molecule has 1 aromatic carbocycles. The quantitative estimate of drug-likeness (QED) is 0.911. The number of aromatic nitrogens is 3. The predicted molar refractivity (Wildman–Crippen MR) is 77.3 cm³/mol. The highest BCUT2D eigenvalue weighted by Crippen LogP contribution is 2.39. The lowest BCUT2D eigenvalue weighted by Gasteiger charge is -2.09. The van der Waals surface area contributed by atoms with Crippen LogP contribution in [-0.4, -0.2) is 19.9 Å². The van der Waals surface area contributed by atoms with E-state index in [1.165, 1.54) is 11.8 Å². The lowest BCUT2D eigenvalue weighted by Crippen LogP contribution is -2.16. The maximum Gasteiger partial charge on any atom is 0.344 e. The number of aromatic amines is 1. The average Bonchev–Trinajstić information content (AvgIpc) is 3.17. The number of aliphatic hydroxyl groups excluding tert-OH is 1. The first-order chi connectivity index (χ1) is 9.56. The smallest absolute Gasteiger partial charge is 0.344 e. The molecule has 1 unspecified atom stereocenters. The molecule has 1 aliphatic carbocycles. The first kappa shape index (κ1) is 13.7. The Kier molecular flexibility index (Phi) is 3.62. The minimum absolute atomic E-state index is 0.174. The van der Waals surface area contributed by atoms with Crippen molar-refractivity contribution in [2.45, 2.75) is 42.0 Å². The van der Waals surface area contributed by atoms with E-state index < -0.39 is 6.10 Å². The number of nitrogens with zero attached hydrogens (tertiary/aromatic N) is 2. The molecule has 0 aliphatic heterocycles. The van der Waals surface area contributed by atoms with Crippen LogP contribution in [0.5, 0.6) is 0 Å². The lowest BCUT2D eigenvalue weighted by atomic mass is 10.1. The number of hydrogen-bond acceptors (Lipinski definition) is 4. The van der Waals surface area contributed by atoms with Gasteiger partial charge in [-0.1, -0.05) is 17.7 Å². The van der Waals surface area contributed by atoms with Gasteiger partial charge in [0.15, 0.2) is 5.16 Å². The second kappa shape index (κ2) is 5.27. The van der Waals surface area contributed by atoms with Crippen molar-refractivity contribution in [2.24, 2.45) is 0 Å². The van der Waals surface area contributed by atoms with Gasteiger partial charge in [-0.15, -0.1) is 5.10 Å². The maximum atomic E-state index is 11.7. The molecule has 1 atom stereocenters. The molecular weight excluding hydrogens is 298 g/mol. The molecule has 20 heavy (non-hydrogen) atoms. The fourth-order valence-electron chi connectivity index (χ4n) is 1.98. The first-order valence-electron chi connectivity index (χ1n) is 6.38. The van der Waals surface area contributed by atoms with E-state index in [9.17, 15) is 9.90 Å². The van der Waals surface area contributed by atoms with Gasteiger partial charge in [-0.2, -0.15) is 0 Å². The summed E-state index contributed by atoms with van der Waals surface area (Å²) >= 11 is 7.58. The summed E-state index contributed by atoms with van der Waals surface area (Å²) in [5, 5.41) is 17.2. The number of H-pyrrole nitrogens is 1. The second-order valence-electron chi connectivity index (χ2n) is 4.88. The fraction of sp³-hybridized carbons (Fsp3) is 0.385. The van der Waals surface area contributed by atoms with Crippen molar-refractivity contribution in [1.82, 2.24) is 14.8 Å². The molecule has 0 bridgehead atoms. The summed E-state index contributed by atoms with van der Waals surface area (Å²) < 4.78 is 1.68. The monoisotopic (exact) mass is 311 g/mol. The van der Waals surface area contributed by atoms with Crippen LogP contribution in [0.25, 0.3) is 0 Å². The van der Waals surface area contributed by atoms with Crippen molar-refractivity contribution >= 4 is 23.4 Å². The zero-order valence-corrected chi connectivity index (χ0v) is 12.4. The van der Waals surface area contributed by atoms with Crippen molar-refractivity contribution in [3.63, 3.8) is 0 Å². The summed E-state index contributed by atoms with van der Waals surface area (Å²) in [4.78, 5) is 12.5. The Labute approximate surface area is 125 Å². The number of benzene rings is 1. The third kappa shape index (κ3) is 2.63. The van der Waals surface area contributed by atoms with Gasteiger partial charge in [0.05, 0.1) is 11.1 Å². The summed E-state index contributed by atoms with van der Waals surface area (Å²) in [5.74, 6) is 0. The van der Waals surface area contributed by atoms with Gasteiger partial charge in [-0.05, 0) is 49.2 Å². The highest BCUT2D eigenvalue weighted by Gasteiger charge is 2.29. The summed E-state index contributed by atoms with van der Waals surface area (Å²) in [5.41, 5.74) is 0.590. The third-order valence-electron chi connectivity index (χ3n) is 3.22. The molecule has 5 nitrogen and oxygen atoms in total. The highest BCUT2D eigenvalue weighted by atomic mass is 35.5. The van der Waals surface area contributed by atoms with Gasteiger partial charge in [0.1, 0.15) is 0 Å². The van der Waals surface area contributed by atoms with Crippen molar-refractivity contribution < 1.29 is 5.11 Å². The molecule has 0 radical (unpaired) electrons. The van der Waals surface area contributed by atoms with Crippen LogP contribution in [0, 0.1) is 0 Å². The molecule has 106 valence electrons. The van der Waals surface area contributed by atoms with E-state index in [1.54, 1.807) is 17.6 Å². The Morgan fingerprint density at radius 1 is 1.55 bits per heavy atom. The molecule has 0 amide bonds. The Bertz CT molecular complexity index is 691. The number of hydrogen-bond donors (Lipinski definition) is 2. The van der Waals surface area contributed by atoms with Crippen molar-refractivity contribution in [1.29, 1.82) is 0 Å². The van der Waals surface area contributed by atoms with Gasteiger partial charge < -0.3 is 5.11 Å². The van der Waals surface area contributed by atoms with E-state index in [4.69, 9.17) is 11.6 Å². The standard InChI is InChI=1S/C13H14ClN3O2S/c1-7(18)8-2-5-11(10(14)6-8)20-13-16-15-12(19)17(13)9-3-4-9/h2,5-7,9,18H,3-4H2,1H3,(H,15,19). The fourth-order valence-corrected chi connectivity index (χ4v) is 3.19. The average molecular weight is 312 g/mol. The van der Waals surface area contributed by atoms with E-state index in [-0.39, 0.29) is 11.7 Å². The zero-order chi connectivity index (χ0) is 14.3. The molecule has 7 heteroatoms. The highest BCUT2D eigenvalue weighted by molar-refractivity contribution is 7.99. The molecule has 0 spiro atoms. The zero-order valence-electron chi connectivity index (χ0n) is 10.8. The topological polar surface area (TPSA) is 70.9 Å². The maximum absolute atomic E-state index is 11.7. The largest absolute Gasteiger partial charge is 0.389 e. The van der Waals surface area contributed by atoms with Crippen LogP contribution in [0.15, 0.2) is 33.0 Å². The lowest BCUT2D eigenvalue weighted by molar-refractivity contribution is 0.199. The molecule has 0 saturated heterocycles. The number of halogens is 1. The van der Waals surface area contributed by atoms with Crippen molar-refractivity contribution in [2.75, 3.05) is 0 Å². The van der Waals surface area contributed by atoms with Crippen LogP contribution < -0.4 is 5.69 Å². The molecule has 2 N–H and O–H groups in total. The van der Waals surface area contributed by atoms with E-state index in [0.29, 0.717) is 10.2 Å². The van der Waals surface area contributed by atoms with Crippen LogP contribution in [-0.2, 0) is 0 Å². The summed E-state index contributed by atoms with van der Waals surface area (Å²) in [6.07, 6.45) is 1.48. The van der Waals surface area contributed by atoms with Gasteiger partial charge in [0, 0.05) is 10.9 Å². The van der Waals surface area contributed by atoms with Gasteiger partial charge >= 0.3 is 5.69 Å². The summed E-state index contributed by atoms with van der Waals surface area (Å²) in [6.45, 7) is 1.69. The van der Waals surface area contributed by atoms with Crippen LogP contribution in [0.2, 0.25) is 5.02 Å². The van der Waals surface area contributed by atoms with Gasteiger partial charge in [-0.3, -0.25) is 4.57 Å². The molecule has 1 heterocycles. The minimum atomic E-state index is -0.554. The van der Waals surface area contributed by atoms with E-state index in [1.807, 2.05) is 12.1 Å². The Morgan fingerprint density at radius 2 is 2.30 bits per heavy atom. The Morgan fingerprint density at radius 3 is 2.90 bits per heavy atom. The molecule has 1 fully saturated rings. The Hall–Kier alpha value is -1.24. The van der Waals surface area contributed by atoms with Crippen LogP contribution in [0.3, 0.4) is 0 Å². The first-order valence-corrected chi connectivity index (χ1v) is 7.58. The number of rotatable bonds is 4. The van der Waals surface area contributed by atoms with Crippen LogP contribution in [0.4, 0.5) is 0 Å². The number of aliphatic hydroxyl groups is 1. The summed E-state index contributed by atoms with van der Waals surface area (Å²) in [6, 6.07) is 5.66. The minimum Gasteiger partial charge on any atom is -0.389 e. The van der Waals surface area contributed by atoms with Crippen LogP contribution >= 0.6 is 23.4 Å². The van der Waals surface area contributed by atoms with Gasteiger partial charge in [0.25, 0.3) is 0 Å². The Balaban J connectivity index is 1.90. The summed E-state index contributed by atoms with van der Waals surface area (Å²) in [7, 11) is 0. The van der Waals surface area contributed by atoms with Crippen LogP contribution in [0.1, 0.15) is 37.5 Å². The molecule has 3 rings (SSSR count). The molecule has 1 saturated carbocycles. The van der Waals surface area contributed by atoms with Crippen molar-refractivity contribution in [3.05, 3.63) is 39.3 Å². The predicted octanol–water partition coefficient (Wildman–Crippen LogP) is 2.76. The molecule has 1 aliphatic rings. The molecular formula is C13H14ClN3O2S. The molecule has 1 aromatic heterocycles. The van der Waals surface area contributed by atoms with E-state index >= 15 is 0 Å². The van der Waals surface area contributed by atoms with E-state index in [0.717, 1.165) is 23.3 Å².